The molecular weight excluding hydrogens is 170 g/mol. The highest BCUT2D eigenvalue weighted by atomic mass is 14.9. The van der Waals surface area contributed by atoms with E-state index in [0.29, 0.717) is 0 Å². The van der Waals surface area contributed by atoms with Gasteiger partial charge in [0.2, 0.25) is 0 Å². The largest absolute Gasteiger partial charge is 0.359 e. The van der Waals surface area contributed by atoms with Crippen LogP contribution in [0.4, 0.5) is 0 Å². The van der Waals surface area contributed by atoms with E-state index in [1.165, 1.54) is 5.57 Å². The lowest BCUT2D eigenvalue weighted by Crippen LogP contribution is -2.09. The summed E-state index contributed by atoms with van der Waals surface area (Å²) in [6, 6.07) is 0. The first-order valence-corrected chi connectivity index (χ1v) is 5.02. The molecule has 14 heavy (non-hydrogen) atoms. The number of nitrogens with one attached hydrogen (secondary N) is 1. The maximum absolute atomic E-state index is 3.94. The summed E-state index contributed by atoms with van der Waals surface area (Å²) in [5.74, 6) is 0. The molecule has 0 aromatic carbocycles. The van der Waals surface area contributed by atoms with Crippen LogP contribution in [0.25, 0.3) is 0 Å². The zero-order chi connectivity index (χ0) is 11.0. The van der Waals surface area contributed by atoms with Gasteiger partial charge in [0, 0.05) is 11.4 Å². The van der Waals surface area contributed by atoms with Crippen molar-refractivity contribution in [1.82, 2.24) is 5.32 Å². The molecule has 0 aromatic rings. The molecule has 0 heterocycles. The first-order chi connectivity index (χ1) is 6.60. The Morgan fingerprint density at radius 2 is 1.93 bits per heavy atom. The molecule has 0 spiro atoms. The van der Waals surface area contributed by atoms with Crippen molar-refractivity contribution in [1.29, 1.82) is 0 Å². The lowest BCUT2D eigenvalue weighted by molar-refractivity contribution is 0.829. The molecule has 0 aliphatic heterocycles. The Labute approximate surface area is 87.9 Å². The van der Waals surface area contributed by atoms with Gasteiger partial charge in [-0.1, -0.05) is 38.2 Å². The summed E-state index contributed by atoms with van der Waals surface area (Å²) in [5.41, 5.74) is 3.32. The number of rotatable bonds is 6. The molecule has 1 nitrogen and oxygen atoms in total. The van der Waals surface area contributed by atoms with Crippen LogP contribution in [-0.2, 0) is 0 Å². The number of hydrogen-bond donors (Lipinski definition) is 1. The monoisotopic (exact) mass is 191 g/mol. The van der Waals surface area contributed by atoms with Crippen LogP contribution < -0.4 is 5.32 Å². The second-order valence-corrected chi connectivity index (χ2v) is 3.55. The van der Waals surface area contributed by atoms with E-state index in [4.69, 9.17) is 0 Å². The van der Waals surface area contributed by atoms with E-state index in [1.54, 1.807) is 6.08 Å². The molecule has 0 atom stereocenters. The predicted octanol–water partition coefficient (Wildman–Crippen LogP) is 3.93. The second kappa shape index (κ2) is 7.19. The minimum absolute atomic E-state index is 1.00. The highest BCUT2D eigenvalue weighted by Crippen LogP contribution is 2.03. The van der Waals surface area contributed by atoms with Gasteiger partial charge < -0.3 is 5.32 Å². The molecule has 0 saturated heterocycles. The molecule has 0 rings (SSSR count). The van der Waals surface area contributed by atoms with Gasteiger partial charge in [-0.15, -0.1) is 0 Å². The average Bonchev–Trinajstić information content (AvgIpc) is 2.12. The molecule has 0 aliphatic rings. The van der Waals surface area contributed by atoms with Gasteiger partial charge in [-0.2, -0.15) is 0 Å². The van der Waals surface area contributed by atoms with Gasteiger partial charge in [0.15, 0.2) is 0 Å². The van der Waals surface area contributed by atoms with Crippen molar-refractivity contribution in [3.05, 3.63) is 48.4 Å². The molecule has 1 N–H and O–H groups in total. The van der Waals surface area contributed by atoms with Gasteiger partial charge in [-0.3, -0.25) is 0 Å². The fourth-order valence-electron chi connectivity index (χ4n) is 0.986. The molecule has 0 unspecified atom stereocenters. The Morgan fingerprint density at radius 3 is 2.36 bits per heavy atom. The van der Waals surface area contributed by atoms with Gasteiger partial charge in [-0.25, -0.2) is 0 Å². The topological polar surface area (TPSA) is 12.0 Å². The minimum Gasteiger partial charge on any atom is -0.359 e. The fourth-order valence-corrected chi connectivity index (χ4v) is 0.986. The maximum Gasteiger partial charge on any atom is 0.0375 e. The Hall–Kier alpha value is -1.24. The summed E-state index contributed by atoms with van der Waals surface area (Å²) in [5, 5.41) is 3.23. The van der Waals surface area contributed by atoms with Crippen LogP contribution in [0.1, 0.15) is 33.6 Å². The van der Waals surface area contributed by atoms with Crippen molar-refractivity contribution in [3.63, 3.8) is 0 Å². The highest BCUT2D eigenvalue weighted by molar-refractivity contribution is 5.25. The predicted molar refractivity (Wildman–Crippen MR) is 64.9 cm³/mol. The van der Waals surface area contributed by atoms with E-state index in [0.717, 1.165) is 24.2 Å². The molecule has 78 valence electrons. The zero-order valence-electron chi connectivity index (χ0n) is 9.56. The SMILES string of the molecule is C=C/C(=C\C=C(C)C)NC(=C)CCC. The molecule has 0 aliphatic carbocycles. The molecular formula is C13H21N. The molecule has 0 amide bonds. The molecule has 1 heteroatoms. The fraction of sp³-hybridized carbons (Fsp3) is 0.385. The standard InChI is InChI=1S/C13H21N/c1-6-8-12(5)14-13(7-2)10-9-11(3)4/h7,9-10,14H,2,5-6,8H2,1,3-4H3/b13-10+. The Kier molecular flexibility index (Phi) is 6.55. The molecule has 0 saturated carbocycles. The third-order valence-electron chi connectivity index (χ3n) is 1.69. The summed E-state index contributed by atoms with van der Waals surface area (Å²) >= 11 is 0. The van der Waals surface area contributed by atoms with Gasteiger partial charge >= 0.3 is 0 Å². The number of allylic oxidation sites excluding steroid dienone is 5. The van der Waals surface area contributed by atoms with E-state index in [1.807, 2.05) is 6.08 Å². The number of hydrogen-bond acceptors (Lipinski definition) is 1. The van der Waals surface area contributed by atoms with Gasteiger partial charge in [0.1, 0.15) is 0 Å². The molecule has 0 radical (unpaired) electrons. The van der Waals surface area contributed by atoms with Crippen LogP contribution in [-0.4, -0.2) is 0 Å². The van der Waals surface area contributed by atoms with Crippen LogP contribution in [0.5, 0.6) is 0 Å². The second-order valence-electron chi connectivity index (χ2n) is 3.55. The maximum atomic E-state index is 3.94. The highest BCUT2D eigenvalue weighted by Gasteiger charge is 1.92. The van der Waals surface area contributed by atoms with E-state index in [2.05, 4.69) is 45.3 Å². The van der Waals surface area contributed by atoms with Crippen molar-refractivity contribution >= 4 is 0 Å². The van der Waals surface area contributed by atoms with Crippen molar-refractivity contribution in [3.8, 4) is 0 Å². The summed E-state index contributed by atoms with van der Waals surface area (Å²) in [6.45, 7) is 14.0. The third kappa shape index (κ3) is 6.30. The van der Waals surface area contributed by atoms with Crippen molar-refractivity contribution in [2.45, 2.75) is 33.6 Å². The van der Waals surface area contributed by atoms with Gasteiger partial charge in [0.05, 0.1) is 0 Å². The molecule has 0 aromatic heterocycles. The smallest absolute Gasteiger partial charge is 0.0375 e. The van der Waals surface area contributed by atoms with Gasteiger partial charge in [0.25, 0.3) is 0 Å². The van der Waals surface area contributed by atoms with Crippen LogP contribution in [0.15, 0.2) is 48.4 Å². The normalized spacial score (nSPS) is 10.6. The van der Waals surface area contributed by atoms with Crippen molar-refractivity contribution in [2.24, 2.45) is 0 Å². The van der Waals surface area contributed by atoms with Crippen LogP contribution in [0.2, 0.25) is 0 Å². The summed E-state index contributed by atoms with van der Waals surface area (Å²) in [6.07, 6.45) is 7.99. The summed E-state index contributed by atoms with van der Waals surface area (Å²) in [4.78, 5) is 0. The van der Waals surface area contributed by atoms with E-state index < -0.39 is 0 Å². The zero-order valence-corrected chi connectivity index (χ0v) is 9.56. The Morgan fingerprint density at radius 1 is 1.29 bits per heavy atom. The van der Waals surface area contributed by atoms with Crippen LogP contribution in [0, 0.1) is 0 Å². The third-order valence-corrected chi connectivity index (χ3v) is 1.69. The van der Waals surface area contributed by atoms with E-state index in [9.17, 15) is 0 Å². The minimum atomic E-state index is 1.00. The average molecular weight is 191 g/mol. The van der Waals surface area contributed by atoms with Crippen LogP contribution >= 0.6 is 0 Å². The Bertz CT molecular complexity index is 252. The van der Waals surface area contributed by atoms with E-state index in [-0.39, 0.29) is 0 Å². The van der Waals surface area contributed by atoms with Crippen LogP contribution in [0.3, 0.4) is 0 Å². The quantitative estimate of drug-likeness (QED) is 0.627. The summed E-state index contributed by atoms with van der Waals surface area (Å²) < 4.78 is 0. The first kappa shape index (κ1) is 12.8. The van der Waals surface area contributed by atoms with Gasteiger partial charge in [-0.05, 0) is 32.4 Å². The molecule has 0 fully saturated rings. The first-order valence-electron chi connectivity index (χ1n) is 5.02. The lowest BCUT2D eigenvalue weighted by atomic mass is 10.2. The summed E-state index contributed by atoms with van der Waals surface area (Å²) in [7, 11) is 0. The van der Waals surface area contributed by atoms with Crippen molar-refractivity contribution in [2.75, 3.05) is 0 Å². The molecule has 0 bridgehead atoms. The van der Waals surface area contributed by atoms with E-state index >= 15 is 0 Å². The Balaban J connectivity index is 4.29. The van der Waals surface area contributed by atoms with Crippen molar-refractivity contribution < 1.29 is 0 Å². The lowest BCUT2D eigenvalue weighted by Gasteiger charge is -2.08.